The Bertz CT molecular complexity index is 3820. The second-order valence-corrected chi connectivity index (χ2v) is 25.7. The van der Waals surface area contributed by atoms with Crippen molar-refractivity contribution in [3.05, 3.63) is 111 Å². The molecule has 10 rings (SSSR count). The van der Waals surface area contributed by atoms with Gasteiger partial charge in [-0.2, -0.15) is 0 Å². The Morgan fingerprint density at radius 1 is 0.729 bits per heavy atom. The van der Waals surface area contributed by atoms with E-state index in [9.17, 15) is 43.8 Å². The van der Waals surface area contributed by atoms with Crippen molar-refractivity contribution < 1.29 is 53.2 Å². The number of aliphatic hydroxyl groups is 1. The summed E-state index contributed by atoms with van der Waals surface area (Å²) in [7, 11) is 2.93. The van der Waals surface area contributed by atoms with Gasteiger partial charge in [-0.05, 0) is 43.4 Å². The third kappa shape index (κ3) is 13.6. The van der Waals surface area contributed by atoms with Gasteiger partial charge in [0.2, 0.25) is 11.8 Å². The molecular weight excluding hydrogens is 1210 g/mol. The summed E-state index contributed by atoms with van der Waals surface area (Å²) in [6.07, 6.45) is -2.94. The van der Waals surface area contributed by atoms with E-state index in [1.165, 1.54) is 48.2 Å². The van der Waals surface area contributed by atoms with Gasteiger partial charge < -0.3 is 52.0 Å². The Kier molecular flexibility index (Phi) is 18.5. The number of pyridine rings is 1. The fourth-order valence-corrected chi connectivity index (χ4v) is 14.8. The number of carbonyl (C=O) groups is 7. The molecule has 1 aromatic carbocycles. The Labute approximate surface area is 508 Å². The van der Waals surface area contributed by atoms with Crippen LogP contribution in [0.25, 0.3) is 43.4 Å². The Morgan fingerprint density at radius 2 is 1.45 bits per heavy atom. The number of anilines is 1. The molecule has 442 valence electrons. The number of benzene rings is 1. The van der Waals surface area contributed by atoms with E-state index in [4.69, 9.17) is 35.1 Å². The summed E-state index contributed by atoms with van der Waals surface area (Å²) in [5, 5.41) is 46.9. The second kappa shape index (κ2) is 26.2. The van der Waals surface area contributed by atoms with Gasteiger partial charge in [-0.25, -0.2) is 39.7 Å². The molecule has 2 aliphatic rings. The maximum atomic E-state index is 14.3. The van der Waals surface area contributed by atoms with Gasteiger partial charge in [-0.1, -0.05) is 44.2 Å². The van der Waals surface area contributed by atoms with Crippen LogP contribution in [-0.2, 0) is 30.5 Å². The van der Waals surface area contributed by atoms with Crippen LogP contribution >= 0.6 is 68.0 Å². The topological polar surface area (TPSA) is 367 Å². The van der Waals surface area contributed by atoms with Gasteiger partial charge in [0.15, 0.2) is 0 Å². The van der Waals surface area contributed by atoms with Crippen molar-refractivity contribution in [1.82, 2.24) is 61.5 Å². The summed E-state index contributed by atoms with van der Waals surface area (Å²) >= 11 is 7.03. The normalized spacial score (nSPS) is 19.7. The monoisotopic (exact) mass is 1270 g/mol. The van der Waals surface area contributed by atoms with E-state index in [1.807, 2.05) is 13.8 Å². The summed E-state index contributed by atoms with van der Waals surface area (Å²) in [6.45, 7) is 4.92. The van der Waals surface area contributed by atoms with E-state index in [2.05, 4.69) is 46.9 Å². The molecule has 0 radical (unpaired) electrons. The Hall–Kier alpha value is -7.88. The second-order valence-electron chi connectivity index (χ2n) is 19.9. The number of carboxylic acids is 1. The molecule has 31 heteroatoms. The molecule has 8 heterocycles. The number of nitrogens with zero attached hydrogens (tertiary/aromatic N) is 7. The smallest absolute Gasteiger partial charge is 0.413 e. The van der Waals surface area contributed by atoms with Crippen LogP contribution in [0, 0.1) is 18.8 Å². The molecule has 85 heavy (non-hydrogen) atoms. The van der Waals surface area contributed by atoms with Crippen molar-refractivity contribution in [3.63, 3.8) is 0 Å². The molecule has 0 spiro atoms. The number of amides is 6. The minimum atomic E-state index is -1.29. The van der Waals surface area contributed by atoms with Crippen LogP contribution < -0.4 is 37.6 Å². The average Bonchev–Trinajstić information content (AvgIpc) is 3.55. The predicted molar refractivity (Wildman–Crippen MR) is 319 cm³/mol. The van der Waals surface area contributed by atoms with E-state index < -0.39 is 90.4 Å². The fraction of sp³-hybridized carbons (Fsp3) is 0.333. The number of thiazole rings is 6. The van der Waals surface area contributed by atoms with Crippen molar-refractivity contribution in [2.24, 2.45) is 17.6 Å². The summed E-state index contributed by atoms with van der Waals surface area (Å²) in [6, 6.07) is 8.68. The van der Waals surface area contributed by atoms with Crippen molar-refractivity contribution in [1.29, 1.82) is 0 Å². The SMILES string of the molecule is CNC(=O)C[C@@H]1NC(=O)c2csc(n2)-c2ccc(-c3nc(NC(=O)O[C@H]4C[C@@H](C(=O)O)C[C@@H]4N)cs3)nc2-c2csc(n2)-c2csc(n2)[C@H]([C@@H](O)c2ccccc2)NC(=O)CNC(=O)c2nc(sc2COC)[C@H](C(C)C)NC(=O)c2nc1sc2C. The number of carboxylic acid groups (broad SMARTS) is 1. The number of aryl methyl sites for hydroxylation is 1. The number of hydrogen-bond donors (Lipinski definition) is 9. The number of fused-ring (bicyclic) bond motifs is 14. The van der Waals surface area contributed by atoms with Crippen LogP contribution in [0.1, 0.15) is 119 Å². The zero-order chi connectivity index (χ0) is 60.2. The number of nitrogens with two attached hydrogens (primary N) is 1. The highest BCUT2D eigenvalue weighted by Gasteiger charge is 2.39. The fourth-order valence-electron chi connectivity index (χ4n) is 9.28. The van der Waals surface area contributed by atoms with Crippen molar-refractivity contribution >= 4 is 115 Å². The van der Waals surface area contributed by atoms with E-state index in [1.54, 1.807) is 70.9 Å². The van der Waals surface area contributed by atoms with Crippen LogP contribution in [0.5, 0.6) is 0 Å². The molecule has 6 amide bonds. The first-order valence-corrected chi connectivity index (χ1v) is 31.4. The molecule has 1 saturated carbocycles. The average molecular weight is 1270 g/mol. The minimum Gasteiger partial charge on any atom is -0.481 e. The third-order valence-corrected chi connectivity index (χ3v) is 19.4. The van der Waals surface area contributed by atoms with Gasteiger partial charge in [0.05, 0.1) is 48.1 Å². The van der Waals surface area contributed by atoms with Crippen LogP contribution in [0.2, 0.25) is 0 Å². The molecule has 1 fully saturated rings. The van der Waals surface area contributed by atoms with Gasteiger partial charge in [-0.3, -0.25) is 34.1 Å². The minimum absolute atomic E-state index is 0.00382. The molecule has 25 nitrogen and oxygen atoms in total. The number of methoxy groups -OCH3 is 1. The molecule has 1 aliphatic heterocycles. The van der Waals surface area contributed by atoms with Crippen molar-refractivity contribution in [2.75, 3.05) is 26.0 Å². The van der Waals surface area contributed by atoms with Crippen LogP contribution in [0.3, 0.4) is 0 Å². The Balaban J connectivity index is 1.02. The first kappa shape index (κ1) is 60.2. The highest BCUT2D eigenvalue weighted by molar-refractivity contribution is 7.15. The predicted octanol–water partition coefficient (Wildman–Crippen LogP) is 7.05. The van der Waals surface area contributed by atoms with Gasteiger partial charge in [0, 0.05) is 52.2 Å². The van der Waals surface area contributed by atoms with Crippen LogP contribution in [0.4, 0.5) is 10.6 Å². The van der Waals surface area contributed by atoms with E-state index >= 15 is 0 Å². The molecule has 0 unspecified atom stereocenters. The molecule has 7 atom stereocenters. The number of hydrogen-bond acceptors (Lipinski definition) is 24. The highest BCUT2D eigenvalue weighted by atomic mass is 32.1. The Morgan fingerprint density at radius 3 is 2.19 bits per heavy atom. The van der Waals surface area contributed by atoms with Crippen LogP contribution in [-0.4, -0.2) is 120 Å². The maximum absolute atomic E-state index is 14.3. The zero-order valence-corrected chi connectivity index (χ0v) is 50.6. The summed E-state index contributed by atoms with van der Waals surface area (Å²) < 4.78 is 10.9. The van der Waals surface area contributed by atoms with Crippen LogP contribution in [0.15, 0.2) is 64.0 Å². The first-order chi connectivity index (χ1) is 40.8. The lowest BCUT2D eigenvalue weighted by molar-refractivity contribution is -0.141. The number of nitrogens with one attached hydrogen (secondary N) is 6. The van der Waals surface area contributed by atoms with Gasteiger partial charge in [0.25, 0.3) is 17.7 Å². The molecule has 7 aromatic heterocycles. The molecule has 10 N–H and O–H groups in total. The number of carbonyl (C=O) groups excluding carboxylic acids is 6. The summed E-state index contributed by atoms with van der Waals surface area (Å²) in [5.74, 6) is -4.81. The van der Waals surface area contributed by atoms with Crippen molar-refractivity contribution in [3.8, 4) is 43.4 Å². The first-order valence-electron chi connectivity index (χ1n) is 26.2. The number of aromatic nitrogens is 7. The molecule has 1 aliphatic carbocycles. The number of rotatable bonds is 11. The standard InChI is InChI=1S/C54H54N14O11S6/c1-22(2)38-52-68-41(34(85-52)17-78-5)45(73)57-16-37(70)65-42(43(71)24-9-7-6-8-10-24)51-62-32(20-82-51)49-60-30(18-81-49)40-26(11-12-28(58-40)48-63-35(21-83-48)64-54(77)79-33-14-25(53(75)76)13-27(33)55)47-61-31(19-80-47)44(72)59-29(15-36(69)56-4)50-67-39(23(3)84-50)46(74)66-38/h6-12,18-22,25,27,29,33,38,42-43,71H,13-17,55H2,1-5H3,(H,56,69)(H,57,73)(H,59,72)(H,64,77)(H,65,70)(H,66,74)(H,75,76)/t25-,27-,29-,33-,38-,42-,43-/m0/s1. The van der Waals surface area contributed by atoms with E-state index in [0.29, 0.717) is 68.7 Å². The van der Waals surface area contributed by atoms with E-state index in [0.717, 1.165) is 34.0 Å². The highest BCUT2D eigenvalue weighted by Crippen LogP contribution is 2.40. The van der Waals surface area contributed by atoms with Gasteiger partial charge in [-0.15, -0.1) is 68.0 Å². The van der Waals surface area contributed by atoms with Gasteiger partial charge >= 0.3 is 12.1 Å². The summed E-state index contributed by atoms with van der Waals surface area (Å²) in [5.41, 5.74) is 8.57. The van der Waals surface area contributed by atoms with E-state index in [-0.39, 0.29) is 59.7 Å². The molecule has 10 bridgehead atoms. The third-order valence-electron chi connectivity index (χ3n) is 13.6. The zero-order valence-electron chi connectivity index (χ0n) is 45.7. The lowest BCUT2D eigenvalue weighted by atomic mass is 10.0. The summed E-state index contributed by atoms with van der Waals surface area (Å²) in [4.78, 5) is 129. The van der Waals surface area contributed by atoms with Crippen molar-refractivity contribution in [2.45, 2.75) is 83.0 Å². The lowest BCUT2D eigenvalue weighted by Gasteiger charge is -2.23. The number of aliphatic carboxylic acids is 1. The van der Waals surface area contributed by atoms with Gasteiger partial charge in [0.1, 0.15) is 88.3 Å². The number of ether oxygens (including phenoxy) is 2. The number of aliphatic hydroxyl groups excluding tert-OH is 1. The molecule has 0 saturated heterocycles. The molecular formula is C54H54N14O11S6. The maximum Gasteiger partial charge on any atom is 0.413 e. The molecule has 8 aromatic rings. The largest absolute Gasteiger partial charge is 0.481 e. The quantitative estimate of drug-likeness (QED) is 0.0626. The lowest BCUT2D eigenvalue weighted by Crippen LogP contribution is -2.40.